The van der Waals surface area contributed by atoms with Crippen LogP contribution in [0.25, 0.3) is 50.8 Å². The average Bonchev–Trinajstić information content (AvgIpc) is 3.43. The molecule has 43 heavy (non-hydrogen) atoms. The maximum absolute atomic E-state index is 12.5. The summed E-state index contributed by atoms with van der Waals surface area (Å²) in [6.07, 6.45) is 6.57. The Morgan fingerprint density at radius 3 is 2.23 bits per heavy atom. The lowest BCUT2D eigenvalue weighted by Crippen LogP contribution is -2.60. The molecule has 0 aliphatic heterocycles. The predicted molar refractivity (Wildman–Crippen MR) is 163 cm³/mol. The van der Waals surface area contributed by atoms with E-state index in [0.29, 0.717) is 34.0 Å². The van der Waals surface area contributed by atoms with Crippen LogP contribution in [0.3, 0.4) is 0 Å². The van der Waals surface area contributed by atoms with Crippen molar-refractivity contribution in [1.82, 2.24) is 39.4 Å². The van der Waals surface area contributed by atoms with Gasteiger partial charge in [0, 0.05) is 29.1 Å². The van der Waals surface area contributed by atoms with Gasteiger partial charge in [-0.05, 0) is 57.7 Å². The second-order valence-corrected chi connectivity index (χ2v) is 11.9. The molecule has 0 bridgehead atoms. The molecule has 6 aromatic rings. The van der Waals surface area contributed by atoms with Gasteiger partial charge in [0.05, 0.1) is 23.1 Å². The van der Waals surface area contributed by atoms with E-state index >= 15 is 0 Å². The van der Waals surface area contributed by atoms with E-state index in [1.54, 1.807) is 23.5 Å². The van der Waals surface area contributed by atoms with Gasteiger partial charge in [-0.1, -0.05) is 54.6 Å². The third-order valence-electron chi connectivity index (χ3n) is 8.20. The second-order valence-electron chi connectivity index (χ2n) is 11.9. The molecule has 0 atom stereocenters. The molecule has 1 aliphatic rings. The van der Waals surface area contributed by atoms with Crippen molar-refractivity contribution in [1.29, 1.82) is 0 Å². The molecule has 1 N–H and O–H groups in total. The number of hydrogen-bond acceptors (Lipinski definition) is 7. The number of pyridine rings is 1. The molecule has 0 unspecified atom stereocenters. The molecule has 4 heterocycles. The smallest absolute Gasteiger partial charge is 0.408 e. The van der Waals surface area contributed by atoms with Crippen molar-refractivity contribution in [3.05, 3.63) is 90.9 Å². The first-order valence-corrected chi connectivity index (χ1v) is 14.3. The zero-order valence-electron chi connectivity index (χ0n) is 24.1. The highest BCUT2D eigenvalue weighted by molar-refractivity contribution is 5.86. The van der Waals surface area contributed by atoms with Crippen LogP contribution in [0.4, 0.5) is 4.79 Å². The molecule has 4 aromatic heterocycles. The van der Waals surface area contributed by atoms with Crippen LogP contribution in [-0.4, -0.2) is 56.2 Å². The third kappa shape index (κ3) is 4.37. The first-order valence-electron chi connectivity index (χ1n) is 14.3. The lowest BCUT2D eigenvalue weighted by Gasteiger charge is -2.54. The Labute approximate surface area is 248 Å². The Morgan fingerprint density at radius 1 is 0.884 bits per heavy atom. The average molecular weight is 571 g/mol. The molecular formula is C33H30N8O2. The fraction of sp³-hybridized carbons (Fsp3) is 0.242. The number of rotatable bonds is 5. The highest BCUT2D eigenvalue weighted by Crippen LogP contribution is 2.49. The molecule has 1 saturated carbocycles. The second kappa shape index (κ2) is 9.94. The van der Waals surface area contributed by atoms with E-state index in [0.717, 1.165) is 41.6 Å². The van der Waals surface area contributed by atoms with E-state index in [1.165, 1.54) is 0 Å². The molecule has 0 radical (unpaired) electrons. The Balaban J connectivity index is 1.40. The van der Waals surface area contributed by atoms with Crippen LogP contribution >= 0.6 is 0 Å². The van der Waals surface area contributed by atoms with Crippen molar-refractivity contribution in [3.8, 4) is 34.0 Å². The van der Waals surface area contributed by atoms with Gasteiger partial charge in [0.15, 0.2) is 17.1 Å². The summed E-state index contributed by atoms with van der Waals surface area (Å²) in [7, 11) is 0. The van der Waals surface area contributed by atoms with E-state index in [-0.39, 0.29) is 0 Å². The number of amides is 1. The first-order chi connectivity index (χ1) is 20.8. The summed E-state index contributed by atoms with van der Waals surface area (Å²) >= 11 is 0. The minimum atomic E-state index is -0.899. The molecule has 0 saturated heterocycles. The van der Waals surface area contributed by atoms with Crippen LogP contribution in [0.5, 0.6) is 0 Å². The normalized spacial score (nSPS) is 14.5. The van der Waals surface area contributed by atoms with Gasteiger partial charge in [-0.2, -0.15) is 0 Å². The molecule has 214 valence electrons. The van der Waals surface area contributed by atoms with Crippen LogP contribution in [0.1, 0.15) is 45.6 Å². The van der Waals surface area contributed by atoms with Crippen molar-refractivity contribution in [3.63, 3.8) is 0 Å². The van der Waals surface area contributed by atoms with Gasteiger partial charge in [-0.3, -0.25) is 14.3 Å². The number of carbonyl (C=O) groups is 1. The minimum Gasteiger partial charge on any atom is -0.465 e. The van der Waals surface area contributed by atoms with E-state index in [1.807, 2.05) is 91.9 Å². The Morgan fingerprint density at radius 2 is 1.60 bits per heavy atom. The van der Waals surface area contributed by atoms with Gasteiger partial charge in [-0.15, -0.1) is 10.2 Å². The van der Waals surface area contributed by atoms with Crippen molar-refractivity contribution >= 4 is 22.9 Å². The third-order valence-corrected chi connectivity index (χ3v) is 8.20. The molecule has 10 heteroatoms. The summed E-state index contributed by atoms with van der Waals surface area (Å²) in [6, 6.07) is 21.9. The van der Waals surface area contributed by atoms with Gasteiger partial charge in [-0.25, -0.2) is 19.7 Å². The van der Waals surface area contributed by atoms with Crippen LogP contribution < -0.4 is 0 Å². The van der Waals surface area contributed by atoms with Crippen molar-refractivity contribution in [2.75, 3.05) is 0 Å². The molecule has 1 fully saturated rings. The Hall–Kier alpha value is -5.25. The Bertz CT molecular complexity index is 1960. The monoisotopic (exact) mass is 570 g/mol. The van der Waals surface area contributed by atoms with Gasteiger partial charge in [0.1, 0.15) is 11.2 Å². The summed E-state index contributed by atoms with van der Waals surface area (Å²) in [5.74, 6) is 0.534. The minimum absolute atomic E-state index is 0.534. The largest absolute Gasteiger partial charge is 0.465 e. The van der Waals surface area contributed by atoms with Gasteiger partial charge in [0.2, 0.25) is 0 Å². The SMILES string of the molecule is CC(C)(C)N(C(=O)O)C1(c2ccc(-c3nc4ccc5nnc(-c6cnccn6)n5c4nc3-c3ccccc3)cc2)CCC1. The van der Waals surface area contributed by atoms with Gasteiger partial charge in [0.25, 0.3) is 0 Å². The van der Waals surface area contributed by atoms with E-state index in [4.69, 9.17) is 9.97 Å². The number of aromatic nitrogens is 7. The van der Waals surface area contributed by atoms with E-state index in [9.17, 15) is 9.90 Å². The number of hydrogen-bond donors (Lipinski definition) is 1. The number of carboxylic acid groups (broad SMARTS) is 1. The number of fused-ring (bicyclic) bond motifs is 3. The number of nitrogens with zero attached hydrogens (tertiary/aromatic N) is 8. The van der Waals surface area contributed by atoms with Gasteiger partial charge < -0.3 is 5.11 Å². The van der Waals surface area contributed by atoms with Crippen LogP contribution in [0.2, 0.25) is 0 Å². The van der Waals surface area contributed by atoms with E-state index in [2.05, 4.69) is 20.2 Å². The summed E-state index contributed by atoms with van der Waals surface area (Å²) in [5.41, 5.74) is 5.67. The fourth-order valence-electron chi connectivity index (χ4n) is 6.26. The molecule has 1 amide bonds. The van der Waals surface area contributed by atoms with Gasteiger partial charge >= 0.3 is 6.09 Å². The maximum atomic E-state index is 12.5. The predicted octanol–water partition coefficient (Wildman–Crippen LogP) is 6.62. The fourth-order valence-corrected chi connectivity index (χ4v) is 6.26. The molecular weight excluding hydrogens is 540 g/mol. The lowest BCUT2D eigenvalue weighted by atomic mass is 9.69. The zero-order chi connectivity index (χ0) is 29.8. The van der Waals surface area contributed by atoms with Crippen molar-refractivity contribution in [2.45, 2.75) is 51.1 Å². The topological polar surface area (TPSA) is 122 Å². The molecule has 0 spiro atoms. The highest BCUT2D eigenvalue weighted by atomic mass is 16.4. The standard InChI is InChI=1S/C33H30N8O2/c1-32(2,3)41(31(42)43)33(16-7-17-33)23-12-10-22(11-13-23)27-28(21-8-5-4-6-9-21)37-29-24(36-27)14-15-26-38-39-30(40(26)29)25-20-34-18-19-35-25/h4-6,8-15,18-20H,7,16-17H2,1-3H3,(H,42,43). The molecule has 1 aliphatic carbocycles. The summed E-state index contributed by atoms with van der Waals surface area (Å²) in [6.45, 7) is 5.86. The van der Waals surface area contributed by atoms with E-state index < -0.39 is 17.2 Å². The summed E-state index contributed by atoms with van der Waals surface area (Å²) in [5, 5.41) is 18.9. The van der Waals surface area contributed by atoms with Crippen LogP contribution in [0.15, 0.2) is 85.3 Å². The molecule has 2 aromatic carbocycles. The summed E-state index contributed by atoms with van der Waals surface area (Å²) in [4.78, 5) is 33.0. The van der Waals surface area contributed by atoms with Crippen LogP contribution in [0, 0.1) is 0 Å². The highest BCUT2D eigenvalue weighted by Gasteiger charge is 2.50. The Kier molecular flexibility index (Phi) is 6.16. The van der Waals surface area contributed by atoms with Crippen LogP contribution in [-0.2, 0) is 5.54 Å². The summed E-state index contributed by atoms with van der Waals surface area (Å²) < 4.78 is 1.86. The first kappa shape index (κ1) is 26.6. The lowest BCUT2D eigenvalue weighted by molar-refractivity contribution is -0.0328. The molecule has 7 rings (SSSR count). The molecule has 10 nitrogen and oxygen atoms in total. The zero-order valence-corrected chi connectivity index (χ0v) is 24.1. The maximum Gasteiger partial charge on any atom is 0.408 e. The van der Waals surface area contributed by atoms with Crippen molar-refractivity contribution in [2.24, 2.45) is 0 Å². The van der Waals surface area contributed by atoms with Crippen molar-refractivity contribution < 1.29 is 9.90 Å². The quantitative estimate of drug-likeness (QED) is 0.245. The number of benzene rings is 2.